The van der Waals surface area contributed by atoms with Gasteiger partial charge in [-0.05, 0) is 56.7 Å². The van der Waals surface area contributed by atoms with Gasteiger partial charge in [-0.3, -0.25) is 18.8 Å². The smallest absolute Gasteiger partial charge is 0.255 e. The van der Waals surface area contributed by atoms with Crippen LogP contribution in [0.15, 0.2) is 42.9 Å². The SMILES string of the molecule is Cc1cc(NC(=O)c2ccc3c(c2)[C@H](c2ncn(C(C)C)n2)CN3S(C)(=O)=O)ccn1. The zero-order valence-corrected chi connectivity index (χ0v) is 18.6. The van der Waals surface area contributed by atoms with Crippen LogP contribution in [0, 0.1) is 6.92 Å². The second-order valence-electron chi connectivity index (χ2n) is 7.94. The van der Waals surface area contributed by atoms with Gasteiger partial charge in [0.2, 0.25) is 10.0 Å². The third-order valence-electron chi connectivity index (χ3n) is 5.20. The average Bonchev–Trinajstić information content (AvgIpc) is 3.32. The lowest BCUT2D eigenvalue weighted by Crippen LogP contribution is -2.29. The number of rotatable bonds is 5. The Morgan fingerprint density at radius 2 is 1.97 bits per heavy atom. The quantitative estimate of drug-likeness (QED) is 0.653. The van der Waals surface area contributed by atoms with E-state index in [0.29, 0.717) is 28.3 Å². The fourth-order valence-electron chi connectivity index (χ4n) is 3.62. The molecule has 1 atom stereocenters. The van der Waals surface area contributed by atoms with Crippen molar-refractivity contribution in [3.05, 3.63) is 65.5 Å². The summed E-state index contributed by atoms with van der Waals surface area (Å²) >= 11 is 0. The number of anilines is 2. The van der Waals surface area contributed by atoms with Crippen LogP contribution in [0.5, 0.6) is 0 Å². The van der Waals surface area contributed by atoms with E-state index in [4.69, 9.17) is 0 Å². The molecule has 0 aliphatic carbocycles. The average molecular weight is 441 g/mol. The van der Waals surface area contributed by atoms with Crippen molar-refractivity contribution in [1.29, 1.82) is 0 Å². The number of hydrogen-bond donors (Lipinski definition) is 1. The molecule has 9 nitrogen and oxygen atoms in total. The third-order valence-corrected chi connectivity index (χ3v) is 6.35. The van der Waals surface area contributed by atoms with Crippen molar-refractivity contribution in [3.8, 4) is 0 Å². The fraction of sp³-hybridized carbons (Fsp3) is 0.333. The molecule has 31 heavy (non-hydrogen) atoms. The molecule has 0 radical (unpaired) electrons. The van der Waals surface area contributed by atoms with Gasteiger partial charge in [-0.15, -0.1) is 0 Å². The van der Waals surface area contributed by atoms with E-state index in [1.165, 1.54) is 10.6 Å². The number of sulfonamides is 1. The number of amides is 1. The summed E-state index contributed by atoms with van der Waals surface area (Å²) in [6.45, 7) is 6.03. The molecule has 0 unspecified atom stereocenters. The largest absolute Gasteiger partial charge is 0.322 e. The molecule has 0 fully saturated rings. The Kier molecular flexibility index (Phi) is 5.26. The minimum absolute atomic E-state index is 0.133. The first-order valence-electron chi connectivity index (χ1n) is 9.90. The van der Waals surface area contributed by atoms with Crippen molar-refractivity contribution < 1.29 is 13.2 Å². The summed E-state index contributed by atoms with van der Waals surface area (Å²) in [5, 5.41) is 7.39. The summed E-state index contributed by atoms with van der Waals surface area (Å²) in [5.74, 6) is -0.116. The minimum Gasteiger partial charge on any atom is -0.322 e. The molecule has 0 bridgehead atoms. The van der Waals surface area contributed by atoms with Crippen molar-refractivity contribution >= 4 is 27.3 Å². The second-order valence-corrected chi connectivity index (χ2v) is 9.84. The second kappa shape index (κ2) is 7.77. The number of aromatic nitrogens is 4. The lowest BCUT2D eigenvalue weighted by Gasteiger charge is -2.16. The lowest BCUT2D eigenvalue weighted by molar-refractivity contribution is 0.102. The van der Waals surface area contributed by atoms with Crippen molar-refractivity contribution in [1.82, 2.24) is 19.7 Å². The van der Waals surface area contributed by atoms with Crippen LogP contribution in [0.3, 0.4) is 0 Å². The van der Waals surface area contributed by atoms with E-state index in [1.807, 2.05) is 20.8 Å². The number of benzene rings is 1. The number of carbonyl (C=O) groups is 1. The summed E-state index contributed by atoms with van der Waals surface area (Å²) in [6.07, 6.45) is 4.45. The third kappa shape index (κ3) is 4.15. The van der Waals surface area contributed by atoms with E-state index in [-0.39, 0.29) is 24.4 Å². The van der Waals surface area contributed by atoms with Crippen LogP contribution in [0.25, 0.3) is 0 Å². The molecule has 0 saturated carbocycles. The number of nitrogens with one attached hydrogen (secondary N) is 1. The molecule has 1 aliphatic heterocycles. The number of hydrogen-bond acceptors (Lipinski definition) is 6. The van der Waals surface area contributed by atoms with Crippen molar-refractivity contribution in [2.75, 3.05) is 22.4 Å². The normalized spacial score (nSPS) is 15.9. The van der Waals surface area contributed by atoms with Crippen LogP contribution in [0.2, 0.25) is 0 Å². The molecule has 1 aromatic carbocycles. The Hall–Kier alpha value is -3.27. The molecule has 4 rings (SSSR count). The van der Waals surface area contributed by atoms with E-state index in [9.17, 15) is 13.2 Å². The predicted octanol–water partition coefficient (Wildman–Crippen LogP) is 2.73. The molecule has 10 heteroatoms. The fourth-order valence-corrected chi connectivity index (χ4v) is 4.57. The highest BCUT2D eigenvalue weighted by atomic mass is 32.2. The Morgan fingerprint density at radius 3 is 2.61 bits per heavy atom. The maximum Gasteiger partial charge on any atom is 0.255 e. The van der Waals surface area contributed by atoms with Crippen molar-refractivity contribution in [3.63, 3.8) is 0 Å². The molecule has 0 spiro atoms. The van der Waals surface area contributed by atoms with E-state index >= 15 is 0 Å². The van der Waals surface area contributed by atoms with Gasteiger partial charge in [0.15, 0.2) is 5.82 Å². The van der Waals surface area contributed by atoms with Crippen LogP contribution in [0.1, 0.15) is 53.2 Å². The van der Waals surface area contributed by atoms with Gasteiger partial charge in [-0.1, -0.05) is 0 Å². The zero-order chi connectivity index (χ0) is 22.3. The molecular weight excluding hydrogens is 416 g/mol. The monoisotopic (exact) mass is 440 g/mol. The minimum atomic E-state index is -3.49. The highest BCUT2D eigenvalue weighted by Gasteiger charge is 2.37. The molecule has 0 saturated heterocycles. The number of pyridine rings is 1. The predicted molar refractivity (Wildman–Crippen MR) is 118 cm³/mol. The molecule has 1 aliphatic rings. The molecule has 3 aromatic rings. The van der Waals surface area contributed by atoms with E-state index in [0.717, 1.165) is 5.69 Å². The standard InChI is InChI=1S/C21H24N6O3S/c1-13(2)26-12-23-20(25-26)18-11-27(31(4,29)30)19-6-5-15(10-17(18)19)21(28)24-16-7-8-22-14(3)9-16/h5-10,12-13,18H,11H2,1-4H3,(H,22,24,28)/t18-/m1/s1. The molecular formula is C21H24N6O3S. The van der Waals surface area contributed by atoms with Gasteiger partial charge in [0, 0.05) is 35.7 Å². The highest BCUT2D eigenvalue weighted by Crippen LogP contribution is 2.41. The maximum atomic E-state index is 12.8. The summed E-state index contributed by atoms with van der Waals surface area (Å²) < 4.78 is 27.8. The van der Waals surface area contributed by atoms with Gasteiger partial charge in [-0.2, -0.15) is 5.10 Å². The first-order valence-corrected chi connectivity index (χ1v) is 11.7. The van der Waals surface area contributed by atoms with Crippen molar-refractivity contribution in [2.24, 2.45) is 0 Å². The van der Waals surface area contributed by atoms with Crippen LogP contribution in [-0.2, 0) is 10.0 Å². The number of fused-ring (bicyclic) bond motifs is 1. The first kappa shape index (κ1) is 21.0. The van der Waals surface area contributed by atoms with Gasteiger partial charge in [0.25, 0.3) is 5.91 Å². The van der Waals surface area contributed by atoms with Crippen LogP contribution in [0.4, 0.5) is 11.4 Å². The van der Waals surface area contributed by atoms with E-state index in [2.05, 4.69) is 20.4 Å². The van der Waals surface area contributed by atoms with E-state index in [1.54, 1.807) is 47.5 Å². The lowest BCUT2D eigenvalue weighted by atomic mass is 9.98. The summed E-state index contributed by atoms with van der Waals surface area (Å²) in [7, 11) is -3.49. The van der Waals surface area contributed by atoms with Gasteiger partial charge < -0.3 is 5.32 Å². The maximum absolute atomic E-state index is 12.8. The zero-order valence-electron chi connectivity index (χ0n) is 17.8. The van der Waals surface area contributed by atoms with Gasteiger partial charge >= 0.3 is 0 Å². The number of nitrogens with zero attached hydrogens (tertiary/aromatic N) is 5. The Balaban J connectivity index is 1.71. The van der Waals surface area contributed by atoms with Crippen LogP contribution >= 0.6 is 0 Å². The van der Waals surface area contributed by atoms with Crippen molar-refractivity contribution in [2.45, 2.75) is 32.7 Å². The molecule has 2 aromatic heterocycles. The van der Waals surface area contributed by atoms with Gasteiger partial charge in [0.1, 0.15) is 6.33 Å². The molecule has 3 heterocycles. The number of aryl methyl sites for hydroxylation is 1. The Morgan fingerprint density at radius 1 is 1.19 bits per heavy atom. The molecule has 1 amide bonds. The first-order chi connectivity index (χ1) is 14.6. The Bertz CT molecular complexity index is 1250. The molecule has 162 valence electrons. The van der Waals surface area contributed by atoms with Crippen LogP contribution < -0.4 is 9.62 Å². The van der Waals surface area contributed by atoms with Crippen LogP contribution in [-0.4, -0.2) is 46.9 Å². The van der Waals surface area contributed by atoms with E-state index < -0.39 is 10.0 Å². The highest BCUT2D eigenvalue weighted by molar-refractivity contribution is 7.92. The summed E-state index contributed by atoms with van der Waals surface area (Å²) in [6, 6.07) is 8.65. The summed E-state index contributed by atoms with van der Waals surface area (Å²) in [5.41, 5.74) is 3.12. The summed E-state index contributed by atoms with van der Waals surface area (Å²) in [4.78, 5) is 21.4. The number of carbonyl (C=O) groups excluding carboxylic acids is 1. The van der Waals surface area contributed by atoms with Gasteiger partial charge in [0.05, 0.1) is 17.9 Å². The topological polar surface area (TPSA) is 110 Å². The van der Waals surface area contributed by atoms with Gasteiger partial charge in [-0.25, -0.2) is 13.4 Å². The molecule has 1 N–H and O–H groups in total. The Labute approximate surface area is 181 Å².